The smallest absolute Gasteiger partial charge is 0.317 e. The Labute approximate surface area is 108 Å². The largest absolute Gasteiger partial charge is 0.480 e. The van der Waals surface area contributed by atoms with Crippen molar-refractivity contribution in [1.29, 1.82) is 0 Å². The normalized spacial score (nSPS) is 21.8. The van der Waals surface area contributed by atoms with Crippen LogP contribution in [0.2, 0.25) is 0 Å². The Bertz CT molecular complexity index is 320. The molecule has 1 aliphatic heterocycles. The highest BCUT2D eigenvalue weighted by Crippen LogP contribution is 2.29. The van der Waals surface area contributed by atoms with E-state index < -0.39 is 5.97 Å². The highest BCUT2D eigenvalue weighted by molar-refractivity contribution is 5.74. The summed E-state index contributed by atoms with van der Waals surface area (Å²) in [6.07, 6.45) is 4.31. The molecule has 0 aromatic rings. The van der Waals surface area contributed by atoms with E-state index in [-0.39, 0.29) is 12.5 Å². The number of carboxylic acids is 1. The molecule has 0 aromatic carbocycles. The van der Waals surface area contributed by atoms with Crippen LogP contribution in [-0.4, -0.2) is 59.0 Å². The number of aliphatic carboxylic acids is 1. The minimum atomic E-state index is -0.753. The molecule has 0 radical (unpaired) electrons. The molecule has 0 bridgehead atoms. The van der Waals surface area contributed by atoms with Gasteiger partial charge in [0.25, 0.3) is 0 Å². The first kappa shape index (κ1) is 13.3. The zero-order chi connectivity index (χ0) is 13.1. The number of rotatable bonds is 5. The van der Waals surface area contributed by atoms with E-state index in [1.165, 1.54) is 0 Å². The van der Waals surface area contributed by atoms with Gasteiger partial charge in [-0.2, -0.15) is 0 Å². The third kappa shape index (κ3) is 3.70. The molecule has 1 heterocycles. The van der Waals surface area contributed by atoms with Crippen LogP contribution in [0.15, 0.2) is 0 Å². The molecule has 1 saturated heterocycles. The minimum absolute atomic E-state index is 0.145. The Morgan fingerprint density at radius 2 is 1.83 bits per heavy atom. The Kier molecular flexibility index (Phi) is 4.22. The molecule has 0 unspecified atom stereocenters. The molecule has 2 fully saturated rings. The average molecular weight is 254 g/mol. The van der Waals surface area contributed by atoms with Crippen molar-refractivity contribution in [3.63, 3.8) is 0 Å². The molecular weight excluding hydrogens is 232 g/mol. The number of piperidine rings is 1. The number of carboxylic acid groups (broad SMARTS) is 1. The summed E-state index contributed by atoms with van der Waals surface area (Å²) in [6.45, 7) is 4.34. The fourth-order valence-corrected chi connectivity index (χ4v) is 2.72. The molecule has 1 amide bonds. The Hall–Kier alpha value is -1.10. The molecule has 102 valence electrons. The summed E-state index contributed by atoms with van der Waals surface area (Å²) in [5.74, 6) is -0.0261. The number of hydrogen-bond acceptors (Lipinski definition) is 3. The Morgan fingerprint density at radius 1 is 1.22 bits per heavy atom. The van der Waals surface area contributed by atoms with Gasteiger partial charge in [0.1, 0.15) is 0 Å². The van der Waals surface area contributed by atoms with Crippen molar-refractivity contribution in [3.05, 3.63) is 0 Å². The molecule has 1 saturated carbocycles. The fraction of sp³-hybridized carbons (Fsp3) is 0.846. The van der Waals surface area contributed by atoms with Crippen LogP contribution in [0.5, 0.6) is 0 Å². The van der Waals surface area contributed by atoms with Crippen molar-refractivity contribution in [2.75, 3.05) is 26.2 Å². The van der Waals surface area contributed by atoms with Gasteiger partial charge in [0.05, 0.1) is 6.54 Å². The van der Waals surface area contributed by atoms with Crippen molar-refractivity contribution in [1.82, 2.24) is 9.80 Å². The zero-order valence-corrected chi connectivity index (χ0v) is 11.0. The molecule has 5 heteroatoms. The van der Waals surface area contributed by atoms with Crippen LogP contribution < -0.4 is 0 Å². The van der Waals surface area contributed by atoms with E-state index >= 15 is 0 Å². The van der Waals surface area contributed by atoms with Gasteiger partial charge in [-0.15, -0.1) is 0 Å². The van der Waals surface area contributed by atoms with E-state index in [4.69, 9.17) is 5.11 Å². The van der Waals surface area contributed by atoms with Crippen molar-refractivity contribution in [3.8, 4) is 0 Å². The molecule has 2 aliphatic rings. The lowest BCUT2D eigenvalue weighted by molar-refractivity contribution is -0.138. The third-order valence-corrected chi connectivity index (χ3v) is 3.91. The second-order valence-corrected chi connectivity index (χ2v) is 5.52. The average Bonchev–Trinajstić information content (AvgIpc) is 3.10. The molecule has 0 aromatic heterocycles. The van der Waals surface area contributed by atoms with Crippen molar-refractivity contribution in [2.45, 2.75) is 38.6 Å². The van der Waals surface area contributed by atoms with Crippen molar-refractivity contribution in [2.24, 2.45) is 5.92 Å². The van der Waals surface area contributed by atoms with E-state index in [2.05, 4.69) is 0 Å². The number of carbonyl (C=O) groups excluding carboxylic acids is 1. The van der Waals surface area contributed by atoms with Crippen LogP contribution in [0.25, 0.3) is 0 Å². The van der Waals surface area contributed by atoms with E-state index in [0.29, 0.717) is 12.0 Å². The number of likely N-dealkylation sites (tertiary alicyclic amines) is 1. The monoisotopic (exact) mass is 254 g/mol. The number of amides is 1. The molecule has 0 atom stereocenters. The first-order chi connectivity index (χ1) is 8.56. The molecule has 0 spiro atoms. The first-order valence-electron chi connectivity index (χ1n) is 6.77. The predicted molar refractivity (Wildman–Crippen MR) is 67.2 cm³/mol. The summed E-state index contributed by atoms with van der Waals surface area (Å²) >= 11 is 0. The molecule has 2 rings (SSSR count). The van der Waals surface area contributed by atoms with Gasteiger partial charge >= 0.3 is 5.97 Å². The maximum absolute atomic E-state index is 11.5. The van der Waals surface area contributed by atoms with Crippen molar-refractivity contribution < 1.29 is 14.7 Å². The van der Waals surface area contributed by atoms with E-state index in [0.717, 1.165) is 45.3 Å². The van der Waals surface area contributed by atoms with Crippen LogP contribution in [0.3, 0.4) is 0 Å². The fourth-order valence-electron chi connectivity index (χ4n) is 2.72. The molecular formula is C13H22N2O3. The van der Waals surface area contributed by atoms with E-state index in [1.807, 2.05) is 9.80 Å². The minimum Gasteiger partial charge on any atom is -0.480 e. The van der Waals surface area contributed by atoms with Gasteiger partial charge in [0, 0.05) is 19.5 Å². The van der Waals surface area contributed by atoms with Gasteiger partial charge in [0.15, 0.2) is 0 Å². The Morgan fingerprint density at radius 3 is 2.28 bits per heavy atom. The summed E-state index contributed by atoms with van der Waals surface area (Å²) in [6, 6.07) is 0.486. The SMILES string of the molecule is CC(=O)N(CC1CCN(CC(=O)O)CC1)C1CC1. The van der Waals surface area contributed by atoms with E-state index in [9.17, 15) is 9.59 Å². The molecule has 18 heavy (non-hydrogen) atoms. The van der Waals surface area contributed by atoms with E-state index in [1.54, 1.807) is 6.92 Å². The lowest BCUT2D eigenvalue weighted by Crippen LogP contribution is -2.42. The molecule has 1 N–H and O–H groups in total. The maximum Gasteiger partial charge on any atom is 0.317 e. The second kappa shape index (κ2) is 5.69. The first-order valence-corrected chi connectivity index (χ1v) is 6.77. The van der Waals surface area contributed by atoms with Gasteiger partial charge in [-0.1, -0.05) is 0 Å². The van der Waals surface area contributed by atoms with Crippen LogP contribution in [0, 0.1) is 5.92 Å². The Balaban J connectivity index is 1.75. The highest BCUT2D eigenvalue weighted by atomic mass is 16.4. The summed E-state index contributed by atoms with van der Waals surface area (Å²) in [4.78, 5) is 26.2. The predicted octanol–water partition coefficient (Wildman–Crippen LogP) is 0.794. The highest BCUT2D eigenvalue weighted by Gasteiger charge is 2.33. The zero-order valence-electron chi connectivity index (χ0n) is 11.0. The number of hydrogen-bond donors (Lipinski definition) is 1. The van der Waals surface area contributed by atoms with Gasteiger partial charge in [-0.05, 0) is 44.7 Å². The summed E-state index contributed by atoms with van der Waals surface area (Å²) in [7, 11) is 0. The lowest BCUT2D eigenvalue weighted by Gasteiger charge is -2.34. The van der Waals surface area contributed by atoms with Gasteiger partial charge in [-0.3, -0.25) is 14.5 Å². The third-order valence-electron chi connectivity index (χ3n) is 3.91. The second-order valence-electron chi connectivity index (χ2n) is 5.52. The van der Waals surface area contributed by atoms with Gasteiger partial charge < -0.3 is 10.0 Å². The summed E-state index contributed by atoms with van der Waals surface area (Å²) < 4.78 is 0. The summed E-state index contributed by atoms with van der Waals surface area (Å²) in [5.41, 5.74) is 0. The van der Waals surface area contributed by atoms with Gasteiger partial charge in [0.2, 0.25) is 5.91 Å². The quantitative estimate of drug-likeness (QED) is 0.788. The van der Waals surface area contributed by atoms with Crippen LogP contribution in [0.1, 0.15) is 32.6 Å². The molecule has 1 aliphatic carbocycles. The molecule has 5 nitrogen and oxygen atoms in total. The number of nitrogens with zero attached hydrogens (tertiary/aromatic N) is 2. The van der Waals surface area contributed by atoms with Crippen molar-refractivity contribution >= 4 is 11.9 Å². The van der Waals surface area contributed by atoms with Crippen LogP contribution >= 0.6 is 0 Å². The maximum atomic E-state index is 11.5. The number of carbonyl (C=O) groups is 2. The summed E-state index contributed by atoms with van der Waals surface area (Å²) in [5, 5.41) is 8.74. The topological polar surface area (TPSA) is 60.9 Å². The lowest BCUT2D eigenvalue weighted by atomic mass is 9.96. The standard InChI is InChI=1S/C13H22N2O3/c1-10(16)15(12-2-3-12)8-11-4-6-14(7-5-11)9-13(17)18/h11-12H,2-9H2,1H3,(H,17,18). The van der Waals surface area contributed by atoms with Gasteiger partial charge in [-0.25, -0.2) is 0 Å². The van der Waals surface area contributed by atoms with Crippen LogP contribution in [0.4, 0.5) is 0 Å². The van der Waals surface area contributed by atoms with Crippen LogP contribution in [-0.2, 0) is 9.59 Å².